The fourth-order valence-corrected chi connectivity index (χ4v) is 1.75. The number of amides is 2. The van der Waals surface area contributed by atoms with Crippen molar-refractivity contribution in [1.29, 1.82) is 0 Å². The molecular weight excluding hydrogens is 236 g/mol. The van der Waals surface area contributed by atoms with E-state index in [1.165, 1.54) is 0 Å². The van der Waals surface area contributed by atoms with Gasteiger partial charge in [-0.15, -0.1) is 0 Å². The van der Waals surface area contributed by atoms with Crippen LogP contribution in [0.1, 0.15) is 18.5 Å². The molecule has 7 heteroatoms. The van der Waals surface area contributed by atoms with E-state index >= 15 is 0 Å². The van der Waals surface area contributed by atoms with Crippen LogP contribution in [0.3, 0.4) is 0 Å². The number of nitrogens with zero attached hydrogens (tertiary/aromatic N) is 2. The number of carboxylic acids is 1. The Labute approximate surface area is 104 Å². The van der Waals surface area contributed by atoms with E-state index in [4.69, 9.17) is 5.11 Å². The minimum atomic E-state index is -0.979. The fourth-order valence-electron chi connectivity index (χ4n) is 1.75. The standard InChI is InChI=1S/C11H16N4O3/c1-15-8(4-5-13-15)6-12-11(18)14-9(10(16)17)7-2-3-7/h4-5,7,9H,2-3,6H2,1H3,(H,16,17)(H2,12,14,18). The van der Waals surface area contributed by atoms with Gasteiger partial charge in [0.05, 0.1) is 12.2 Å². The Hall–Kier alpha value is -2.05. The van der Waals surface area contributed by atoms with Crippen LogP contribution < -0.4 is 10.6 Å². The number of aryl methyl sites for hydroxylation is 1. The first-order chi connectivity index (χ1) is 8.58. The normalized spacial score (nSPS) is 16.1. The minimum Gasteiger partial charge on any atom is -0.480 e. The predicted molar refractivity (Wildman–Crippen MR) is 62.7 cm³/mol. The summed E-state index contributed by atoms with van der Waals surface area (Å²) >= 11 is 0. The number of carbonyl (C=O) groups is 2. The minimum absolute atomic E-state index is 0.0740. The summed E-state index contributed by atoms with van der Waals surface area (Å²) in [4.78, 5) is 22.5. The molecule has 1 atom stereocenters. The molecule has 7 nitrogen and oxygen atoms in total. The van der Waals surface area contributed by atoms with Crippen LogP contribution in [0.5, 0.6) is 0 Å². The number of carbonyl (C=O) groups excluding carboxylic acids is 1. The second-order valence-electron chi connectivity index (χ2n) is 4.43. The summed E-state index contributed by atoms with van der Waals surface area (Å²) in [5, 5.41) is 18.0. The molecule has 1 saturated carbocycles. The first kappa shape index (κ1) is 12.4. The lowest BCUT2D eigenvalue weighted by molar-refractivity contribution is -0.139. The third kappa shape index (κ3) is 2.99. The summed E-state index contributed by atoms with van der Waals surface area (Å²) in [5.74, 6) is -0.905. The predicted octanol–water partition coefficient (Wildman–Crippen LogP) is 0.0825. The molecule has 0 saturated heterocycles. The van der Waals surface area contributed by atoms with Crippen molar-refractivity contribution in [3.8, 4) is 0 Å². The Bertz CT molecular complexity index is 453. The Morgan fingerprint density at radius 3 is 2.83 bits per heavy atom. The Morgan fingerprint density at radius 2 is 2.33 bits per heavy atom. The highest BCUT2D eigenvalue weighted by Gasteiger charge is 2.37. The molecule has 1 heterocycles. The number of rotatable bonds is 5. The molecule has 1 aliphatic carbocycles. The van der Waals surface area contributed by atoms with E-state index in [9.17, 15) is 9.59 Å². The van der Waals surface area contributed by atoms with Gasteiger partial charge in [0.15, 0.2) is 0 Å². The number of carboxylic acid groups (broad SMARTS) is 1. The van der Waals surface area contributed by atoms with Crippen molar-refractivity contribution < 1.29 is 14.7 Å². The molecule has 1 aromatic rings. The van der Waals surface area contributed by atoms with Crippen molar-refractivity contribution in [2.24, 2.45) is 13.0 Å². The maximum Gasteiger partial charge on any atom is 0.326 e. The number of aliphatic carboxylic acids is 1. The van der Waals surface area contributed by atoms with Crippen LogP contribution in [-0.4, -0.2) is 32.9 Å². The van der Waals surface area contributed by atoms with Crippen LogP contribution in [0.4, 0.5) is 4.79 Å². The van der Waals surface area contributed by atoms with Crippen LogP contribution in [0.2, 0.25) is 0 Å². The molecule has 0 radical (unpaired) electrons. The van der Waals surface area contributed by atoms with Crippen LogP contribution in [0.15, 0.2) is 12.3 Å². The average Bonchev–Trinajstić information content (AvgIpc) is 3.07. The Morgan fingerprint density at radius 1 is 1.61 bits per heavy atom. The van der Waals surface area contributed by atoms with Crippen LogP contribution >= 0.6 is 0 Å². The van der Waals surface area contributed by atoms with Crippen molar-refractivity contribution in [3.63, 3.8) is 0 Å². The third-order valence-electron chi connectivity index (χ3n) is 3.00. The number of aromatic nitrogens is 2. The molecule has 1 unspecified atom stereocenters. The second kappa shape index (κ2) is 5.07. The highest BCUT2D eigenvalue weighted by Crippen LogP contribution is 2.32. The van der Waals surface area contributed by atoms with E-state index in [1.807, 2.05) is 0 Å². The van der Waals surface area contributed by atoms with E-state index in [1.54, 1.807) is 24.0 Å². The second-order valence-corrected chi connectivity index (χ2v) is 4.43. The molecule has 1 fully saturated rings. The van der Waals surface area contributed by atoms with Crippen LogP contribution in [0.25, 0.3) is 0 Å². The maximum atomic E-state index is 11.6. The van der Waals surface area contributed by atoms with Gasteiger partial charge in [0.1, 0.15) is 6.04 Å². The van der Waals surface area contributed by atoms with Gasteiger partial charge in [-0.2, -0.15) is 5.10 Å². The molecule has 2 rings (SSSR count). The highest BCUT2D eigenvalue weighted by molar-refractivity contribution is 5.83. The van der Waals surface area contributed by atoms with E-state index in [-0.39, 0.29) is 5.92 Å². The molecule has 98 valence electrons. The van der Waals surface area contributed by atoms with Crippen molar-refractivity contribution in [3.05, 3.63) is 18.0 Å². The summed E-state index contributed by atoms with van der Waals surface area (Å²) in [6.07, 6.45) is 3.36. The van der Waals surface area contributed by atoms with Gasteiger partial charge in [0, 0.05) is 13.2 Å². The van der Waals surface area contributed by atoms with Crippen molar-refractivity contribution in [1.82, 2.24) is 20.4 Å². The van der Waals surface area contributed by atoms with E-state index in [0.29, 0.717) is 6.54 Å². The smallest absolute Gasteiger partial charge is 0.326 e. The molecule has 0 spiro atoms. The molecule has 0 aliphatic heterocycles. The SMILES string of the molecule is Cn1nccc1CNC(=O)NC(C(=O)O)C1CC1. The molecule has 1 aromatic heterocycles. The quantitative estimate of drug-likeness (QED) is 0.691. The summed E-state index contributed by atoms with van der Waals surface area (Å²) in [6, 6.07) is 0.544. The molecule has 1 aliphatic rings. The number of hydrogen-bond acceptors (Lipinski definition) is 3. The van der Waals surface area contributed by atoms with Gasteiger partial charge in [0.2, 0.25) is 0 Å². The monoisotopic (exact) mass is 252 g/mol. The number of nitrogens with one attached hydrogen (secondary N) is 2. The summed E-state index contributed by atoms with van der Waals surface area (Å²) in [5.41, 5.74) is 0.850. The fraction of sp³-hybridized carbons (Fsp3) is 0.545. The van der Waals surface area contributed by atoms with E-state index in [0.717, 1.165) is 18.5 Å². The van der Waals surface area contributed by atoms with Crippen molar-refractivity contribution in [2.45, 2.75) is 25.4 Å². The lowest BCUT2D eigenvalue weighted by Crippen LogP contribution is -2.47. The molecule has 18 heavy (non-hydrogen) atoms. The first-order valence-corrected chi connectivity index (χ1v) is 5.82. The van der Waals surface area contributed by atoms with Gasteiger partial charge < -0.3 is 15.7 Å². The summed E-state index contributed by atoms with van der Waals surface area (Å²) in [7, 11) is 1.78. The Balaban J connectivity index is 1.81. The summed E-state index contributed by atoms with van der Waals surface area (Å²) < 4.78 is 1.65. The lowest BCUT2D eigenvalue weighted by atomic mass is 10.2. The zero-order valence-electron chi connectivity index (χ0n) is 10.1. The Kier molecular flexibility index (Phi) is 3.50. The van der Waals surface area contributed by atoms with Crippen molar-refractivity contribution in [2.75, 3.05) is 0 Å². The van der Waals surface area contributed by atoms with E-state index in [2.05, 4.69) is 15.7 Å². The summed E-state index contributed by atoms with van der Waals surface area (Å²) in [6.45, 7) is 0.319. The van der Waals surface area contributed by atoms with Gasteiger partial charge in [-0.1, -0.05) is 0 Å². The van der Waals surface area contributed by atoms with Crippen molar-refractivity contribution >= 4 is 12.0 Å². The number of urea groups is 1. The first-order valence-electron chi connectivity index (χ1n) is 5.82. The molecular formula is C11H16N4O3. The largest absolute Gasteiger partial charge is 0.480 e. The topological polar surface area (TPSA) is 96.3 Å². The lowest BCUT2D eigenvalue weighted by Gasteiger charge is -2.14. The zero-order valence-corrected chi connectivity index (χ0v) is 10.1. The van der Waals surface area contributed by atoms with Gasteiger partial charge in [-0.25, -0.2) is 9.59 Å². The highest BCUT2D eigenvalue weighted by atomic mass is 16.4. The third-order valence-corrected chi connectivity index (χ3v) is 3.00. The molecule has 0 aromatic carbocycles. The maximum absolute atomic E-state index is 11.6. The van der Waals surface area contributed by atoms with Gasteiger partial charge in [-0.3, -0.25) is 4.68 Å². The molecule has 0 bridgehead atoms. The zero-order chi connectivity index (χ0) is 13.1. The molecule has 2 amide bonds. The van der Waals surface area contributed by atoms with Gasteiger partial charge >= 0.3 is 12.0 Å². The number of hydrogen-bond donors (Lipinski definition) is 3. The van der Waals surface area contributed by atoms with E-state index < -0.39 is 18.0 Å². The van der Waals surface area contributed by atoms with Gasteiger partial charge in [-0.05, 0) is 24.8 Å². The average molecular weight is 252 g/mol. The molecule has 3 N–H and O–H groups in total. The van der Waals surface area contributed by atoms with Crippen LogP contribution in [0, 0.1) is 5.92 Å². The van der Waals surface area contributed by atoms with Gasteiger partial charge in [0.25, 0.3) is 0 Å². The van der Waals surface area contributed by atoms with Crippen LogP contribution in [-0.2, 0) is 18.4 Å².